The Morgan fingerprint density at radius 1 is 1.32 bits per heavy atom. The number of hydrogen-bond acceptors (Lipinski definition) is 8. The summed E-state index contributed by atoms with van der Waals surface area (Å²) in [5.41, 5.74) is 5.80. The van der Waals surface area contributed by atoms with Crippen molar-refractivity contribution in [3.05, 3.63) is 37.8 Å². The number of thiophene rings is 1. The number of hydrogen-bond donors (Lipinski definition) is 6. The highest BCUT2D eigenvalue weighted by molar-refractivity contribution is 7.14. The molecule has 12 heteroatoms. The number of anilines is 2. The zero-order valence-corrected chi connectivity index (χ0v) is 17.3. The monoisotopic (exact) mass is 449 g/mol. The second-order valence-corrected chi connectivity index (χ2v) is 8.50. The number of rotatable bonds is 9. The third kappa shape index (κ3) is 5.81. The second-order valence-electron chi connectivity index (χ2n) is 7.33. The van der Waals surface area contributed by atoms with Gasteiger partial charge in [-0.05, 0) is 43.7 Å². The molecule has 2 aromatic rings. The lowest BCUT2D eigenvalue weighted by molar-refractivity contribution is -0.140. The van der Waals surface area contributed by atoms with Crippen molar-refractivity contribution in [2.45, 2.75) is 38.1 Å². The van der Waals surface area contributed by atoms with Crippen LogP contribution in [0.1, 0.15) is 39.4 Å². The van der Waals surface area contributed by atoms with Crippen molar-refractivity contribution in [1.29, 1.82) is 0 Å². The summed E-state index contributed by atoms with van der Waals surface area (Å²) in [6, 6.07) is 2.17. The Hall–Kier alpha value is -3.41. The van der Waals surface area contributed by atoms with E-state index in [1.165, 1.54) is 11.3 Å². The molecule has 2 aromatic heterocycles. The van der Waals surface area contributed by atoms with E-state index >= 15 is 0 Å². The summed E-state index contributed by atoms with van der Waals surface area (Å²) in [5.74, 6) is -2.04. The van der Waals surface area contributed by atoms with E-state index in [9.17, 15) is 24.3 Å². The van der Waals surface area contributed by atoms with Gasteiger partial charge in [0.2, 0.25) is 5.95 Å². The van der Waals surface area contributed by atoms with Crippen molar-refractivity contribution in [2.75, 3.05) is 17.6 Å². The lowest BCUT2D eigenvalue weighted by atomic mass is 9.92. The molecule has 0 fully saturated rings. The number of carboxylic acid groups (broad SMARTS) is 2. The van der Waals surface area contributed by atoms with E-state index in [0.717, 1.165) is 11.3 Å². The zero-order chi connectivity index (χ0) is 22.5. The van der Waals surface area contributed by atoms with E-state index in [-0.39, 0.29) is 30.3 Å². The summed E-state index contributed by atoms with van der Waals surface area (Å²) >= 11 is 1.26. The van der Waals surface area contributed by atoms with Gasteiger partial charge in [-0.2, -0.15) is 4.98 Å². The Balaban J connectivity index is 1.55. The van der Waals surface area contributed by atoms with Gasteiger partial charge >= 0.3 is 11.9 Å². The highest BCUT2D eigenvalue weighted by atomic mass is 32.1. The molecule has 7 N–H and O–H groups in total. The highest BCUT2D eigenvalue weighted by Gasteiger charge is 2.24. The molecule has 0 radical (unpaired) electrons. The van der Waals surface area contributed by atoms with Crippen LogP contribution in [0, 0.1) is 5.92 Å². The molecular weight excluding hydrogens is 426 g/mol. The van der Waals surface area contributed by atoms with Gasteiger partial charge in [-0.1, -0.05) is 0 Å². The minimum atomic E-state index is -1.28. The SMILES string of the molecule is Nc1nc(=O)c2c([nH]1)NCC(CCc1ccc(C(=O)N[C@@H](CCC(=O)O)C(=O)O)s1)C2. The molecule has 1 aliphatic rings. The van der Waals surface area contributed by atoms with Crippen LogP contribution in [0.15, 0.2) is 16.9 Å². The summed E-state index contributed by atoms with van der Waals surface area (Å²) < 4.78 is 0. The van der Waals surface area contributed by atoms with Crippen molar-refractivity contribution < 1.29 is 24.6 Å². The van der Waals surface area contributed by atoms with Gasteiger partial charge in [0, 0.05) is 17.8 Å². The number of nitrogens with one attached hydrogen (secondary N) is 3. The predicted molar refractivity (Wildman–Crippen MR) is 113 cm³/mol. The Morgan fingerprint density at radius 2 is 2.10 bits per heavy atom. The third-order valence-corrected chi connectivity index (χ3v) is 6.17. The first-order valence-corrected chi connectivity index (χ1v) is 10.5. The predicted octanol–water partition coefficient (Wildman–Crippen LogP) is 0.678. The quantitative estimate of drug-likeness (QED) is 0.320. The van der Waals surface area contributed by atoms with Gasteiger partial charge in [-0.3, -0.25) is 14.4 Å². The number of nitrogens with zero attached hydrogens (tertiary/aromatic N) is 1. The first kappa shape index (κ1) is 22.3. The summed E-state index contributed by atoms with van der Waals surface area (Å²) in [4.78, 5) is 54.2. The molecule has 0 bridgehead atoms. The molecule has 11 nitrogen and oxygen atoms in total. The van der Waals surface area contributed by atoms with Gasteiger partial charge in [-0.15, -0.1) is 11.3 Å². The van der Waals surface area contributed by atoms with Crippen LogP contribution in [-0.4, -0.2) is 50.6 Å². The van der Waals surface area contributed by atoms with Crippen molar-refractivity contribution in [2.24, 2.45) is 5.92 Å². The lowest BCUT2D eigenvalue weighted by Crippen LogP contribution is -2.40. The smallest absolute Gasteiger partial charge is 0.326 e. The molecule has 0 spiro atoms. The van der Waals surface area contributed by atoms with Crippen LogP contribution in [0.4, 0.5) is 11.8 Å². The Kier molecular flexibility index (Phi) is 6.90. The minimum absolute atomic E-state index is 0.0761. The average molecular weight is 449 g/mol. The Morgan fingerprint density at radius 3 is 2.81 bits per heavy atom. The number of aryl methyl sites for hydroxylation is 1. The number of fused-ring (bicyclic) bond motifs is 1. The molecule has 0 aromatic carbocycles. The van der Waals surface area contributed by atoms with Crippen LogP contribution >= 0.6 is 11.3 Å². The maximum absolute atomic E-state index is 12.3. The standard InChI is InChI=1S/C19H23N5O6S/c20-19-23-15-11(16(27)24-19)7-9(8-21-15)1-2-10-3-5-13(31-10)17(28)22-12(18(29)30)4-6-14(25)26/h3,5,9,12H,1-2,4,6-8H2,(H,22,28)(H,25,26)(H,29,30)(H4,20,21,23,24,27)/t9?,12-/m0/s1. The molecule has 1 amide bonds. The van der Waals surface area contributed by atoms with Crippen LogP contribution in [0.5, 0.6) is 0 Å². The minimum Gasteiger partial charge on any atom is -0.481 e. The number of carbonyl (C=O) groups excluding carboxylic acids is 1. The van der Waals surface area contributed by atoms with Gasteiger partial charge in [0.15, 0.2) is 0 Å². The number of amides is 1. The number of aromatic amines is 1. The van der Waals surface area contributed by atoms with E-state index in [2.05, 4.69) is 20.6 Å². The first-order valence-electron chi connectivity index (χ1n) is 9.69. The molecule has 0 saturated carbocycles. The summed E-state index contributed by atoms with van der Waals surface area (Å²) in [6.45, 7) is 0.676. The summed E-state index contributed by atoms with van der Waals surface area (Å²) in [7, 11) is 0. The number of nitrogens with two attached hydrogens (primary N) is 1. The third-order valence-electron chi connectivity index (χ3n) is 5.03. The number of H-pyrrole nitrogens is 1. The van der Waals surface area contributed by atoms with Crippen LogP contribution in [0.3, 0.4) is 0 Å². The number of aromatic nitrogens is 2. The van der Waals surface area contributed by atoms with Gasteiger partial charge in [-0.25, -0.2) is 4.79 Å². The average Bonchev–Trinajstić information content (AvgIpc) is 3.18. The molecule has 31 heavy (non-hydrogen) atoms. The molecule has 1 unspecified atom stereocenters. The van der Waals surface area contributed by atoms with Crippen LogP contribution in [-0.2, 0) is 22.4 Å². The Bertz CT molecular complexity index is 1050. The second kappa shape index (κ2) is 9.60. The van der Waals surface area contributed by atoms with E-state index in [0.29, 0.717) is 35.6 Å². The molecule has 0 aliphatic carbocycles. The summed E-state index contributed by atoms with van der Waals surface area (Å²) in [6.07, 6.45) is 1.52. The fourth-order valence-corrected chi connectivity index (χ4v) is 4.33. The molecule has 1 aliphatic heterocycles. The van der Waals surface area contributed by atoms with Gasteiger partial charge in [0.1, 0.15) is 11.9 Å². The van der Waals surface area contributed by atoms with Crippen molar-refractivity contribution >= 4 is 40.9 Å². The lowest BCUT2D eigenvalue weighted by Gasteiger charge is -2.25. The van der Waals surface area contributed by atoms with Crippen molar-refractivity contribution in [3.63, 3.8) is 0 Å². The molecule has 166 valence electrons. The highest BCUT2D eigenvalue weighted by Crippen LogP contribution is 2.25. The van der Waals surface area contributed by atoms with Gasteiger partial charge in [0.05, 0.1) is 10.4 Å². The molecule has 0 saturated heterocycles. The fourth-order valence-electron chi connectivity index (χ4n) is 3.40. The Labute approximate surface area is 180 Å². The van der Waals surface area contributed by atoms with Crippen molar-refractivity contribution in [1.82, 2.24) is 15.3 Å². The summed E-state index contributed by atoms with van der Waals surface area (Å²) in [5, 5.41) is 23.4. The van der Waals surface area contributed by atoms with Crippen LogP contribution in [0.2, 0.25) is 0 Å². The number of carboxylic acids is 2. The van der Waals surface area contributed by atoms with E-state index in [1.54, 1.807) is 6.07 Å². The first-order chi connectivity index (χ1) is 14.7. The fraction of sp³-hybridized carbons (Fsp3) is 0.421. The van der Waals surface area contributed by atoms with Crippen LogP contribution < -0.4 is 21.9 Å². The topological polar surface area (TPSA) is 187 Å². The van der Waals surface area contributed by atoms with Crippen LogP contribution in [0.25, 0.3) is 0 Å². The van der Waals surface area contributed by atoms with E-state index in [4.69, 9.17) is 10.8 Å². The van der Waals surface area contributed by atoms with Gasteiger partial charge in [0.25, 0.3) is 11.5 Å². The largest absolute Gasteiger partial charge is 0.481 e. The number of nitrogen functional groups attached to an aromatic ring is 1. The molecule has 2 atom stereocenters. The van der Waals surface area contributed by atoms with E-state index < -0.39 is 23.9 Å². The van der Waals surface area contributed by atoms with Crippen molar-refractivity contribution in [3.8, 4) is 0 Å². The maximum atomic E-state index is 12.3. The normalized spacial score (nSPS) is 16.1. The maximum Gasteiger partial charge on any atom is 0.326 e. The number of carbonyl (C=O) groups is 3. The zero-order valence-electron chi connectivity index (χ0n) is 16.5. The van der Waals surface area contributed by atoms with Gasteiger partial charge < -0.3 is 31.6 Å². The van der Waals surface area contributed by atoms with E-state index in [1.807, 2.05) is 6.07 Å². The molecule has 3 heterocycles. The number of aliphatic carboxylic acids is 2. The molecular formula is C19H23N5O6S. The molecule has 3 rings (SSSR count).